The molecule has 0 saturated heterocycles. The van der Waals surface area contributed by atoms with Crippen LogP contribution < -0.4 is 0 Å². The topological polar surface area (TPSA) is 0 Å². The molecule has 0 aliphatic heterocycles. The summed E-state index contributed by atoms with van der Waals surface area (Å²) >= 11 is 0. The highest BCUT2D eigenvalue weighted by atomic mass is 14.2. The Morgan fingerprint density at radius 2 is 1.92 bits per heavy atom. The molecule has 0 spiro atoms. The van der Waals surface area contributed by atoms with E-state index in [-0.39, 0.29) is 0 Å². The largest absolute Gasteiger partial charge is 0.0991 e. The molecule has 0 aromatic rings. The van der Waals surface area contributed by atoms with Crippen LogP contribution in [-0.2, 0) is 0 Å². The van der Waals surface area contributed by atoms with E-state index in [9.17, 15) is 0 Å². The zero-order chi connectivity index (χ0) is 9.61. The summed E-state index contributed by atoms with van der Waals surface area (Å²) in [7, 11) is 0. The maximum Gasteiger partial charge on any atom is -0.0233 e. The normalized spacial score (nSPS) is 13.8. The number of hydrogen-bond acceptors (Lipinski definition) is 0. The minimum atomic E-state index is 0.368. The van der Waals surface area contributed by atoms with E-state index in [0.29, 0.717) is 5.41 Å². The fraction of sp³-hybridized carbons (Fsp3) is 0.500. The molecule has 0 N–H and O–H groups in total. The molecule has 0 heteroatoms. The fourth-order valence-electron chi connectivity index (χ4n) is 1.06. The van der Waals surface area contributed by atoms with Crippen molar-refractivity contribution in [1.29, 1.82) is 0 Å². The van der Waals surface area contributed by atoms with E-state index >= 15 is 0 Å². The fourth-order valence-corrected chi connectivity index (χ4v) is 1.06. The summed E-state index contributed by atoms with van der Waals surface area (Å²) in [6, 6.07) is 0. The van der Waals surface area contributed by atoms with E-state index < -0.39 is 0 Å². The van der Waals surface area contributed by atoms with Crippen molar-refractivity contribution in [3.63, 3.8) is 0 Å². The molecule has 0 heterocycles. The van der Waals surface area contributed by atoms with Crippen molar-refractivity contribution in [2.24, 2.45) is 5.41 Å². The average Bonchev–Trinajstić information content (AvgIpc) is 1.95. The summed E-state index contributed by atoms with van der Waals surface area (Å²) in [5.74, 6) is 0. The Balaban J connectivity index is 4.21. The van der Waals surface area contributed by atoms with E-state index in [4.69, 9.17) is 0 Å². The molecule has 0 atom stereocenters. The van der Waals surface area contributed by atoms with Gasteiger partial charge < -0.3 is 0 Å². The van der Waals surface area contributed by atoms with E-state index in [0.717, 1.165) is 6.42 Å². The van der Waals surface area contributed by atoms with Gasteiger partial charge in [-0.05, 0) is 18.8 Å². The third-order valence-corrected chi connectivity index (χ3v) is 1.55. The molecule has 68 valence electrons. The lowest BCUT2D eigenvalue weighted by Gasteiger charge is -2.18. The minimum absolute atomic E-state index is 0.368. The number of hydrogen-bond donors (Lipinski definition) is 0. The van der Waals surface area contributed by atoms with Crippen LogP contribution in [0.15, 0.2) is 36.5 Å². The van der Waals surface area contributed by atoms with Gasteiger partial charge in [-0.25, -0.2) is 0 Å². The predicted octanol–water partition coefficient (Wildman–Crippen LogP) is 4.11. The van der Waals surface area contributed by atoms with Gasteiger partial charge in [0.15, 0.2) is 0 Å². The summed E-state index contributed by atoms with van der Waals surface area (Å²) in [5.41, 5.74) is 1.75. The quantitative estimate of drug-likeness (QED) is 0.551. The SMILES string of the molecule is C=C/C=C\C(=C/C)CC(C)(C)C. The number of rotatable bonds is 3. The summed E-state index contributed by atoms with van der Waals surface area (Å²) in [5, 5.41) is 0. The third kappa shape index (κ3) is 5.96. The van der Waals surface area contributed by atoms with Crippen LogP contribution >= 0.6 is 0 Å². The standard InChI is InChI=1S/C12H20/c1-6-8-9-11(7-2)10-12(3,4)5/h6-9H,1,10H2,2-5H3/b9-8-,11-7+. The summed E-state index contributed by atoms with van der Waals surface area (Å²) in [6.07, 6.45) is 9.20. The first-order valence-corrected chi connectivity index (χ1v) is 4.44. The van der Waals surface area contributed by atoms with E-state index in [1.165, 1.54) is 5.57 Å². The molecule has 12 heavy (non-hydrogen) atoms. The van der Waals surface area contributed by atoms with Crippen LogP contribution in [0.5, 0.6) is 0 Å². The summed E-state index contributed by atoms with van der Waals surface area (Å²) < 4.78 is 0. The smallest absolute Gasteiger partial charge is 0.0233 e. The maximum absolute atomic E-state index is 3.65. The molecular weight excluding hydrogens is 144 g/mol. The predicted molar refractivity (Wildman–Crippen MR) is 57.2 cm³/mol. The van der Waals surface area contributed by atoms with Gasteiger partial charge in [0.25, 0.3) is 0 Å². The van der Waals surface area contributed by atoms with Crippen molar-refractivity contribution in [1.82, 2.24) is 0 Å². The second-order valence-electron chi connectivity index (χ2n) is 4.20. The first-order valence-electron chi connectivity index (χ1n) is 4.44. The van der Waals surface area contributed by atoms with Crippen molar-refractivity contribution in [3.05, 3.63) is 36.5 Å². The van der Waals surface area contributed by atoms with Gasteiger partial charge in [-0.15, -0.1) is 0 Å². The van der Waals surface area contributed by atoms with Crippen LogP contribution in [0.1, 0.15) is 34.1 Å². The lowest BCUT2D eigenvalue weighted by molar-refractivity contribution is 0.413. The van der Waals surface area contributed by atoms with Crippen LogP contribution in [0.4, 0.5) is 0 Å². The zero-order valence-electron chi connectivity index (χ0n) is 8.72. The highest BCUT2D eigenvalue weighted by Crippen LogP contribution is 2.24. The molecule has 0 amide bonds. The second kappa shape index (κ2) is 4.97. The maximum atomic E-state index is 3.65. The second-order valence-corrected chi connectivity index (χ2v) is 4.20. The van der Waals surface area contributed by atoms with Crippen molar-refractivity contribution < 1.29 is 0 Å². The van der Waals surface area contributed by atoms with Crippen molar-refractivity contribution >= 4 is 0 Å². The van der Waals surface area contributed by atoms with Crippen LogP contribution in [0, 0.1) is 5.41 Å². The van der Waals surface area contributed by atoms with Gasteiger partial charge >= 0.3 is 0 Å². The first kappa shape index (κ1) is 11.2. The Bertz CT molecular complexity index is 187. The molecule has 0 rings (SSSR count). The van der Waals surface area contributed by atoms with Gasteiger partial charge in [-0.2, -0.15) is 0 Å². The third-order valence-electron chi connectivity index (χ3n) is 1.55. The van der Waals surface area contributed by atoms with Crippen LogP contribution in [0.2, 0.25) is 0 Å². The molecule has 0 nitrogen and oxygen atoms in total. The molecule has 0 fully saturated rings. The molecule has 0 aliphatic carbocycles. The van der Waals surface area contributed by atoms with E-state index in [1.54, 1.807) is 0 Å². The van der Waals surface area contributed by atoms with Crippen LogP contribution in [0.3, 0.4) is 0 Å². The lowest BCUT2D eigenvalue weighted by Crippen LogP contribution is -2.05. The van der Waals surface area contributed by atoms with Gasteiger partial charge in [0, 0.05) is 0 Å². The average molecular weight is 164 g/mol. The van der Waals surface area contributed by atoms with Gasteiger partial charge in [0.1, 0.15) is 0 Å². The number of allylic oxidation sites excluding steroid dienone is 5. The van der Waals surface area contributed by atoms with E-state index in [1.807, 2.05) is 12.2 Å². The Hall–Kier alpha value is -0.780. The van der Waals surface area contributed by atoms with Crippen molar-refractivity contribution in [3.8, 4) is 0 Å². The summed E-state index contributed by atoms with van der Waals surface area (Å²) in [6.45, 7) is 12.5. The molecule has 0 aliphatic rings. The summed E-state index contributed by atoms with van der Waals surface area (Å²) in [4.78, 5) is 0. The Morgan fingerprint density at radius 1 is 1.33 bits per heavy atom. The van der Waals surface area contributed by atoms with Gasteiger partial charge in [-0.3, -0.25) is 0 Å². The molecule has 0 aromatic carbocycles. The lowest BCUT2D eigenvalue weighted by atomic mass is 9.88. The molecule has 0 radical (unpaired) electrons. The molecule has 0 aromatic heterocycles. The molecule has 0 unspecified atom stereocenters. The van der Waals surface area contributed by atoms with Crippen LogP contribution in [-0.4, -0.2) is 0 Å². The van der Waals surface area contributed by atoms with Gasteiger partial charge in [0.2, 0.25) is 0 Å². The van der Waals surface area contributed by atoms with Gasteiger partial charge in [-0.1, -0.05) is 57.2 Å². The molecule has 0 saturated carbocycles. The van der Waals surface area contributed by atoms with Crippen molar-refractivity contribution in [2.45, 2.75) is 34.1 Å². The van der Waals surface area contributed by atoms with Crippen molar-refractivity contribution in [2.75, 3.05) is 0 Å². The molecular formula is C12H20. The molecule has 0 bridgehead atoms. The zero-order valence-corrected chi connectivity index (χ0v) is 8.72. The highest BCUT2D eigenvalue weighted by molar-refractivity contribution is 5.21. The Kier molecular flexibility index (Phi) is 4.65. The Morgan fingerprint density at radius 3 is 2.25 bits per heavy atom. The van der Waals surface area contributed by atoms with Crippen LogP contribution in [0.25, 0.3) is 0 Å². The first-order chi connectivity index (χ1) is 5.49. The highest BCUT2D eigenvalue weighted by Gasteiger charge is 2.10. The van der Waals surface area contributed by atoms with E-state index in [2.05, 4.69) is 46.4 Å². The Labute approximate surface area is 76.7 Å². The van der Waals surface area contributed by atoms with Gasteiger partial charge in [0.05, 0.1) is 0 Å². The minimum Gasteiger partial charge on any atom is -0.0991 e. The monoisotopic (exact) mass is 164 g/mol.